The molecule has 0 saturated heterocycles. The Morgan fingerprint density at radius 3 is 2.82 bits per heavy atom. The van der Waals surface area contributed by atoms with E-state index in [9.17, 15) is 4.39 Å². The fourth-order valence-corrected chi connectivity index (χ4v) is 3.06. The summed E-state index contributed by atoms with van der Waals surface area (Å²) in [6.45, 7) is 3.75. The van der Waals surface area contributed by atoms with Gasteiger partial charge in [-0.1, -0.05) is 0 Å². The number of benzene rings is 1. The number of nitrogens with zero attached hydrogens (tertiary/aromatic N) is 4. The molecule has 0 aliphatic rings. The Kier molecular flexibility index (Phi) is 4.52. The van der Waals surface area contributed by atoms with Crippen molar-refractivity contribution in [3.63, 3.8) is 0 Å². The normalized spacial score (nSPS) is 12.1. The number of halogens is 1. The molecular weight excluding hydrogens is 359 g/mol. The number of nitrogens with two attached hydrogens (primary N) is 1. The number of nitrogen functional groups attached to an aromatic ring is 1. The second-order valence-corrected chi connectivity index (χ2v) is 6.43. The van der Waals surface area contributed by atoms with E-state index in [0.29, 0.717) is 11.3 Å². The second kappa shape index (κ2) is 7.15. The number of ether oxygens (including phenoxy) is 1. The predicted molar refractivity (Wildman–Crippen MR) is 104 cm³/mol. The lowest BCUT2D eigenvalue weighted by molar-refractivity contribution is 0.227. The van der Waals surface area contributed by atoms with E-state index in [1.54, 1.807) is 41.6 Å². The van der Waals surface area contributed by atoms with Crippen LogP contribution in [0.1, 0.15) is 24.3 Å². The molecule has 4 rings (SSSR count). The molecule has 3 aromatic heterocycles. The molecule has 0 aliphatic heterocycles. The molecule has 142 valence electrons. The van der Waals surface area contributed by atoms with Crippen LogP contribution < -0.4 is 10.5 Å². The maximum Gasteiger partial charge on any atom is 0.166 e. The third-order valence-corrected chi connectivity index (χ3v) is 4.51. The first-order valence-electron chi connectivity index (χ1n) is 8.75. The molecule has 3 heterocycles. The second-order valence-electron chi connectivity index (χ2n) is 6.43. The van der Waals surface area contributed by atoms with Gasteiger partial charge in [0.15, 0.2) is 11.6 Å². The van der Waals surface area contributed by atoms with E-state index >= 15 is 0 Å². The van der Waals surface area contributed by atoms with Crippen molar-refractivity contribution >= 4 is 5.82 Å². The highest BCUT2D eigenvalue weighted by Crippen LogP contribution is 2.33. The van der Waals surface area contributed by atoms with Gasteiger partial charge in [0.2, 0.25) is 0 Å². The van der Waals surface area contributed by atoms with Gasteiger partial charge in [0.1, 0.15) is 11.9 Å². The van der Waals surface area contributed by atoms with Crippen molar-refractivity contribution in [3.8, 4) is 22.6 Å². The molecule has 0 spiro atoms. The Morgan fingerprint density at radius 1 is 1.25 bits per heavy atom. The molecule has 7 nitrogen and oxygen atoms in total. The molecule has 0 bridgehead atoms. The number of anilines is 1. The molecule has 4 aromatic rings. The number of aromatic nitrogens is 5. The summed E-state index contributed by atoms with van der Waals surface area (Å²) in [5, 5.41) is 11.2. The molecule has 0 amide bonds. The van der Waals surface area contributed by atoms with Gasteiger partial charge in [-0.2, -0.15) is 10.2 Å². The van der Waals surface area contributed by atoms with Crippen molar-refractivity contribution in [2.45, 2.75) is 20.0 Å². The average Bonchev–Trinajstić information content (AvgIpc) is 3.35. The summed E-state index contributed by atoms with van der Waals surface area (Å²) < 4.78 is 21.7. The number of nitrogens with one attached hydrogen (secondary N) is 1. The van der Waals surface area contributed by atoms with Crippen LogP contribution in [0.15, 0.2) is 55.1 Å². The zero-order valence-corrected chi connectivity index (χ0v) is 15.4. The molecule has 28 heavy (non-hydrogen) atoms. The molecule has 0 unspecified atom stereocenters. The van der Waals surface area contributed by atoms with Gasteiger partial charge in [0.25, 0.3) is 0 Å². The van der Waals surface area contributed by atoms with Crippen molar-refractivity contribution in [1.29, 1.82) is 0 Å². The molecule has 0 radical (unpaired) electrons. The maximum absolute atomic E-state index is 13.9. The van der Waals surface area contributed by atoms with Gasteiger partial charge in [0, 0.05) is 41.0 Å². The minimum absolute atomic E-state index is 0.258. The van der Waals surface area contributed by atoms with Crippen molar-refractivity contribution in [2.24, 2.45) is 0 Å². The van der Waals surface area contributed by atoms with Crippen LogP contribution in [0.4, 0.5) is 10.2 Å². The summed E-state index contributed by atoms with van der Waals surface area (Å²) in [6, 6.07) is 8.12. The third-order valence-electron chi connectivity index (χ3n) is 4.51. The van der Waals surface area contributed by atoms with Gasteiger partial charge in [0.05, 0.1) is 11.9 Å². The van der Waals surface area contributed by atoms with Crippen LogP contribution in [0.2, 0.25) is 0 Å². The van der Waals surface area contributed by atoms with E-state index in [1.807, 2.05) is 19.9 Å². The monoisotopic (exact) mass is 378 g/mol. The number of pyridine rings is 1. The summed E-state index contributed by atoms with van der Waals surface area (Å²) in [7, 11) is 0. The smallest absolute Gasteiger partial charge is 0.166 e. The molecule has 0 fully saturated rings. The molecule has 3 N–H and O–H groups in total. The molecule has 0 aliphatic carbocycles. The number of hydrogen-bond donors (Lipinski definition) is 2. The number of aryl methyl sites for hydroxylation is 1. The van der Waals surface area contributed by atoms with Crippen molar-refractivity contribution in [2.75, 3.05) is 5.73 Å². The molecular formula is C20H19FN6O. The van der Waals surface area contributed by atoms with Crippen molar-refractivity contribution in [3.05, 3.63) is 72.2 Å². The zero-order valence-electron chi connectivity index (χ0n) is 15.4. The Balaban J connectivity index is 1.69. The number of hydrogen-bond acceptors (Lipinski definition) is 5. The SMILES string of the molecule is Cc1[nH]ncc1-c1cnc(N)c(O[C@H](C)c2cc(F)ccc2-n2cccn2)c1. The molecule has 1 aromatic carbocycles. The minimum atomic E-state index is -0.486. The van der Waals surface area contributed by atoms with E-state index < -0.39 is 6.10 Å². The van der Waals surface area contributed by atoms with E-state index in [0.717, 1.165) is 22.5 Å². The number of H-pyrrole nitrogens is 1. The lowest BCUT2D eigenvalue weighted by Gasteiger charge is -2.19. The van der Waals surface area contributed by atoms with Gasteiger partial charge >= 0.3 is 0 Å². The van der Waals surface area contributed by atoms with Crippen LogP contribution in [0.5, 0.6) is 5.75 Å². The lowest BCUT2D eigenvalue weighted by atomic mass is 10.1. The summed E-state index contributed by atoms with van der Waals surface area (Å²) in [5.41, 5.74) is 10.0. The highest BCUT2D eigenvalue weighted by atomic mass is 19.1. The first kappa shape index (κ1) is 17.7. The Labute approximate surface area is 161 Å². The van der Waals surface area contributed by atoms with Gasteiger partial charge in [-0.15, -0.1) is 0 Å². The molecule has 1 atom stereocenters. The summed E-state index contributed by atoms with van der Waals surface area (Å²) in [5.74, 6) is 0.324. The lowest BCUT2D eigenvalue weighted by Crippen LogP contribution is -2.10. The van der Waals surface area contributed by atoms with Crippen LogP contribution in [0.25, 0.3) is 16.8 Å². The highest BCUT2D eigenvalue weighted by Gasteiger charge is 2.18. The average molecular weight is 378 g/mol. The summed E-state index contributed by atoms with van der Waals surface area (Å²) in [6.07, 6.45) is 6.36. The summed E-state index contributed by atoms with van der Waals surface area (Å²) in [4.78, 5) is 4.23. The maximum atomic E-state index is 13.9. The quantitative estimate of drug-likeness (QED) is 0.550. The molecule has 0 saturated carbocycles. The zero-order chi connectivity index (χ0) is 19.7. The Morgan fingerprint density at radius 2 is 2.11 bits per heavy atom. The molecule has 8 heteroatoms. The first-order valence-corrected chi connectivity index (χ1v) is 8.75. The van der Waals surface area contributed by atoms with Crippen LogP contribution in [-0.4, -0.2) is 25.0 Å². The van der Waals surface area contributed by atoms with Gasteiger partial charge in [-0.3, -0.25) is 5.10 Å². The Bertz CT molecular complexity index is 1110. The summed E-state index contributed by atoms with van der Waals surface area (Å²) >= 11 is 0. The first-order chi connectivity index (χ1) is 13.5. The predicted octanol–water partition coefficient (Wildman–Crippen LogP) is 3.83. The van der Waals surface area contributed by atoms with Gasteiger partial charge in [-0.25, -0.2) is 14.1 Å². The fraction of sp³-hybridized carbons (Fsp3) is 0.150. The Hall–Kier alpha value is -3.68. The fourth-order valence-electron chi connectivity index (χ4n) is 3.06. The standard InChI is InChI=1S/C20H19FN6O/c1-12-17(11-24-26-12)14-8-19(20(22)23-10-14)28-13(2)16-9-15(21)4-5-18(16)27-7-3-6-25-27/h3-11,13H,1-2H3,(H2,22,23)(H,24,26)/t13-/m1/s1. The largest absolute Gasteiger partial charge is 0.482 e. The van der Waals surface area contributed by atoms with Crippen molar-refractivity contribution in [1.82, 2.24) is 25.0 Å². The number of aromatic amines is 1. The van der Waals surface area contributed by atoms with Crippen LogP contribution in [0.3, 0.4) is 0 Å². The van der Waals surface area contributed by atoms with E-state index in [4.69, 9.17) is 10.5 Å². The van der Waals surface area contributed by atoms with Crippen LogP contribution in [0, 0.1) is 12.7 Å². The van der Waals surface area contributed by atoms with Crippen LogP contribution in [-0.2, 0) is 0 Å². The minimum Gasteiger partial charge on any atom is -0.482 e. The van der Waals surface area contributed by atoms with Gasteiger partial charge in [-0.05, 0) is 44.2 Å². The van der Waals surface area contributed by atoms with E-state index in [1.165, 1.54) is 12.1 Å². The number of rotatable bonds is 5. The highest BCUT2D eigenvalue weighted by molar-refractivity contribution is 5.68. The third kappa shape index (κ3) is 3.32. The van der Waals surface area contributed by atoms with Gasteiger partial charge < -0.3 is 10.5 Å². The topological polar surface area (TPSA) is 94.6 Å². The van der Waals surface area contributed by atoms with Crippen molar-refractivity contribution < 1.29 is 9.13 Å². The van der Waals surface area contributed by atoms with Crippen LogP contribution >= 0.6 is 0 Å². The van der Waals surface area contributed by atoms with E-state index in [2.05, 4.69) is 20.3 Å². The van der Waals surface area contributed by atoms with E-state index in [-0.39, 0.29) is 11.6 Å².